The zero-order chi connectivity index (χ0) is 24.3. The van der Waals surface area contributed by atoms with E-state index in [1.165, 1.54) is 5.69 Å². The summed E-state index contributed by atoms with van der Waals surface area (Å²) in [6.07, 6.45) is 3.47. The number of piperazine rings is 1. The normalized spacial score (nSPS) is 13.7. The van der Waals surface area contributed by atoms with Gasteiger partial charge in [0.1, 0.15) is 5.75 Å². The topological polar surface area (TPSA) is 101 Å². The van der Waals surface area contributed by atoms with E-state index in [9.17, 15) is 0 Å². The van der Waals surface area contributed by atoms with Crippen LogP contribution in [-0.4, -0.2) is 68.4 Å². The average Bonchev–Trinajstić information content (AvgIpc) is 3.62. The fourth-order valence-corrected chi connectivity index (χ4v) is 4.30. The van der Waals surface area contributed by atoms with Crippen LogP contribution in [0.5, 0.6) is 5.75 Å². The first-order valence-electron chi connectivity index (χ1n) is 11.8. The van der Waals surface area contributed by atoms with Gasteiger partial charge in [0.15, 0.2) is 23.2 Å². The number of hydrogen-bond acceptors (Lipinski definition) is 8. The lowest BCUT2D eigenvalue weighted by molar-refractivity contribution is 0.414. The zero-order valence-corrected chi connectivity index (χ0v) is 19.8. The molecule has 0 aliphatic carbocycles. The van der Waals surface area contributed by atoms with E-state index in [1.807, 2.05) is 42.5 Å². The molecular weight excluding hydrogens is 454 g/mol. The number of nitrogens with zero attached hydrogens (tertiary/aromatic N) is 8. The van der Waals surface area contributed by atoms with Crippen molar-refractivity contribution in [1.29, 1.82) is 0 Å². The molecule has 6 rings (SSSR count). The van der Waals surface area contributed by atoms with Gasteiger partial charge in [0.2, 0.25) is 0 Å². The van der Waals surface area contributed by atoms with Gasteiger partial charge in [-0.3, -0.25) is 10.1 Å². The molecule has 1 saturated heterocycles. The molecular formula is C26H25N9O. The van der Waals surface area contributed by atoms with Crippen LogP contribution in [0.3, 0.4) is 0 Å². The summed E-state index contributed by atoms with van der Waals surface area (Å²) in [5.41, 5.74) is 3.55. The molecule has 4 heterocycles. The van der Waals surface area contributed by atoms with Crippen molar-refractivity contribution in [3.05, 3.63) is 79.1 Å². The Hall–Kier alpha value is -4.73. The number of para-hydroxylation sites is 1. The van der Waals surface area contributed by atoms with E-state index in [0.29, 0.717) is 17.3 Å². The number of methoxy groups -OCH3 is 1. The van der Waals surface area contributed by atoms with Crippen molar-refractivity contribution in [3.8, 4) is 34.3 Å². The van der Waals surface area contributed by atoms with E-state index in [4.69, 9.17) is 19.9 Å². The molecule has 1 aliphatic heterocycles. The first-order chi connectivity index (χ1) is 17.8. The van der Waals surface area contributed by atoms with Crippen LogP contribution < -0.4 is 14.5 Å². The number of pyridine rings is 1. The van der Waals surface area contributed by atoms with Gasteiger partial charge in [0.25, 0.3) is 0 Å². The molecule has 0 bridgehead atoms. The predicted molar refractivity (Wildman–Crippen MR) is 137 cm³/mol. The largest absolute Gasteiger partial charge is 0.497 e. The average molecular weight is 480 g/mol. The van der Waals surface area contributed by atoms with Crippen molar-refractivity contribution in [2.45, 2.75) is 0 Å². The Balaban J connectivity index is 1.33. The number of rotatable bonds is 6. The number of nitrogens with one attached hydrogen (secondary N) is 1. The number of aromatic amines is 1. The smallest absolute Gasteiger partial charge is 0.183 e. The Kier molecular flexibility index (Phi) is 5.74. The summed E-state index contributed by atoms with van der Waals surface area (Å²) in [4.78, 5) is 15.2. The van der Waals surface area contributed by atoms with E-state index in [1.54, 1.807) is 24.3 Å². The number of hydrogen-bond donors (Lipinski definition) is 1. The van der Waals surface area contributed by atoms with Crippen LogP contribution in [0.25, 0.3) is 28.6 Å². The lowest BCUT2D eigenvalue weighted by atomic mass is 10.2. The SMILES string of the molecule is COc1ccc(-n2nc(-c3nc(-c4cccnc4)n[nH]3)c(N3CCN(c4ccccc4)CC3)n2)cc1. The van der Waals surface area contributed by atoms with Crippen molar-refractivity contribution >= 4 is 11.5 Å². The fraction of sp³-hybridized carbons (Fsp3) is 0.192. The van der Waals surface area contributed by atoms with Crippen LogP contribution in [0.4, 0.5) is 11.5 Å². The second-order valence-electron chi connectivity index (χ2n) is 8.42. The third-order valence-electron chi connectivity index (χ3n) is 6.23. The Morgan fingerprint density at radius 3 is 2.31 bits per heavy atom. The Morgan fingerprint density at radius 1 is 0.806 bits per heavy atom. The third-order valence-corrected chi connectivity index (χ3v) is 6.23. The first-order valence-corrected chi connectivity index (χ1v) is 11.8. The second-order valence-corrected chi connectivity index (χ2v) is 8.42. The van der Waals surface area contributed by atoms with E-state index < -0.39 is 0 Å². The number of ether oxygens (including phenoxy) is 1. The number of benzene rings is 2. The van der Waals surface area contributed by atoms with Crippen LogP contribution in [0.2, 0.25) is 0 Å². The van der Waals surface area contributed by atoms with Crippen LogP contribution in [0, 0.1) is 0 Å². The van der Waals surface area contributed by atoms with E-state index in [2.05, 4.69) is 49.2 Å². The summed E-state index contributed by atoms with van der Waals surface area (Å²) < 4.78 is 5.30. The van der Waals surface area contributed by atoms with Gasteiger partial charge in [0.05, 0.1) is 12.8 Å². The Morgan fingerprint density at radius 2 is 1.58 bits per heavy atom. The van der Waals surface area contributed by atoms with Gasteiger partial charge in [-0.2, -0.15) is 5.10 Å². The third kappa shape index (κ3) is 4.24. The monoisotopic (exact) mass is 479 g/mol. The Bertz CT molecular complexity index is 1420. The van der Waals surface area contributed by atoms with Crippen molar-refractivity contribution in [2.75, 3.05) is 43.1 Å². The molecule has 3 aromatic heterocycles. The van der Waals surface area contributed by atoms with Crippen molar-refractivity contribution in [3.63, 3.8) is 0 Å². The van der Waals surface area contributed by atoms with E-state index >= 15 is 0 Å². The van der Waals surface area contributed by atoms with Gasteiger partial charge in [0, 0.05) is 49.8 Å². The lowest BCUT2D eigenvalue weighted by Crippen LogP contribution is -2.46. The maximum absolute atomic E-state index is 5.30. The number of anilines is 2. The molecule has 0 spiro atoms. The highest BCUT2D eigenvalue weighted by Gasteiger charge is 2.26. The molecule has 5 aromatic rings. The molecule has 1 fully saturated rings. The van der Waals surface area contributed by atoms with E-state index in [-0.39, 0.29) is 0 Å². The molecule has 0 saturated carbocycles. The fourth-order valence-electron chi connectivity index (χ4n) is 4.30. The van der Waals surface area contributed by atoms with Crippen LogP contribution in [0.1, 0.15) is 0 Å². The molecule has 10 nitrogen and oxygen atoms in total. The molecule has 10 heteroatoms. The molecule has 36 heavy (non-hydrogen) atoms. The molecule has 0 amide bonds. The standard InChI is InChI=1S/C26H25N9O/c1-36-22-11-9-21(10-12-22)35-31-23(25-28-24(29-30-25)19-6-5-13-27-18-19)26(32-35)34-16-14-33(15-17-34)20-7-3-2-4-8-20/h2-13,18H,14-17H2,1H3,(H,28,29,30). The highest BCUT2D eigenvalue weighted by Crippen LogP contribution is 2.29. The minimum atomic E-state index is 0.564. The summed E-state index contributed by atoms with van der Waals surface area (Å²) in [7, 11) is 1.65. The van der Waals surface area contributed by atoms with Gasteiger partial charge in [-0.15, -0.1) is 15.0 Å². The van der Waals surface area contributed by atoms with Gasteiger partial charge in [-0.25, -0.2) is 4.98 Å². The maximum atomic E-state index is 5.30. The van der Waals surface area contributed by atoms with Gasteiger partial charge < -0.3 is 14.5 Å². The maximum Gasteiger partial charge on any atom is 0.183 e. The summed E-state index contributed by atoms with van der Waals surface area (Å²) >= 11 is 0. The van der Waals surface area contributed by atoms with Crippen molar-refractivity contribution in [2.24, 2.45) is 0 Å². The predicted octanol–water partition coefficient (Wildman–Crippen LogP) is 3.45. The quantitative estimate of drug-likeness (QED) is 0.395. The number of aromatic nitrogens is 7. The van der Waals surface area contributed by atoms with Gasteiger partial charge >= 0.3 is 0 Å². The lowest BCUT2D eigenvalue weighted by Gasteiger charge is -2.36. The summed E-state index contributed by atoms with van der Waals surface area (Å²) in [6, 6.07) is 21.9. The molecule has 0 radical (unpaired) electrons. The highest BCUT2D eigenvalue weighted by atomic mass is 16.5. The molecule has 0 unspecified atom stereocenters. The molecule has 1 N–H and O–H groups in total. The molecule has 1 aliphatic rings. The van der Waals surface area contributed by atoms with Crippen LogP contribution in [-0.2, 0) is 0 Å². The minimum absolute atomic E-state index is 0.564. The Labute approximate surface area is 208 Å². The van der Waals surface area contributed by atoms with Crippen molar-refractivity contribution in [1.82, 2.24) is 35.2 Å². The first kappa shape index (κ1) is 21.8. The highest BCUT2D eigenvalue weighted by molar-refractivity contribution is 5.69. The van der Waals surface area contributed by atoms with Gasteiger partial charge in [-0.1, -0.05) is 18.2 Å². The van der Waals surface area contributed by atoms with E-state index in [0.717, 1.165) is 49.0 Å². The van der Waals surface area contributed by atoms with Crippen LogP contribution >= 0.6 is 0 Å². The summed E-state index contributed by atoms with van der Waals surface area (Å²) in [6.45, 7) is 3.39. The number of H-pyrrole nitrogens is 1. The summed E-state index contributed by atoms with van der Waals surface area (Å²) in [5, 5.41) is 17.2. The minimum Gasteiger partial charge on any atom is -0.497 e. The molecule has 180 valence electrons. The van der Waals surface area contributed by atoms with Gasteiger partial charge in [-0.05, 0) is 48.5 Å². The summed E-state index contributed by atoms with van der Waals surface area (Å²) in [5.74, 6) is 2.68. The molecule has 0 atom stereocenters. The second kappa shape index (κ2) is 9.49. The molecule has 2 aromatic carbocycles. The zero-order valence-electron chi connectivity index (χ0n) is 19.8. The van der Waals surface area contributed by atoms with Crippen molar-refractivity contribution < 1.29 is 4.74 Å². The van der Waals surface area contributed by atoms with Crippen LogP contribution in [0.15, 0.2) is 79.1 Å².